The number of fused-ring (bicyclic) bond motifs is 1. The van der Waals surface area contributed by atoms with Gasteiger partial charge in [0.15, 0.2) is 5.76 Å². The lowest BCUT2D eigenvalue weighted by Crippen LogP contribution is -2.48. The lowest BCUT2D eigenvalue weighted by Gasteiger charge is -2.34. The van der Waals surface area contributed by atoms with Gasteiger partial charge in [-0.1, -0.05) is 18.2 Å². The van der Waals surface area contributed by atoms with E-state index in [4.69, 9.17) is 4.42 Å². The second kappa shape index (κ2) is 6.70. The summed E-state index contributed by atoms with van der Waals surface area (Å²) in [5.74, 6) is 0.427. The number of hydrogen-bond donors (Lipinski definition) is 0. The van der Waals surface area contributed by atoms with E-state index < -0.39 is 0 Å². The van der Waals surface area contributed by atoms with Crippen molar-refractivity contribution < 1.29 is 9.21 Å². The molecule has 1 saturated heterocycles. The van der Waals surface area contributed by atoms with E-state index in [-0.39, 0.29) is 5.91 Å². The summed E-state index contributed by atoms with van der Waals surface area (Å²) < 4.78 is 6.86. The van der Waals surface area contributed by atoms with Crippen molar-refractivity contribution in [2.24, 2.45) is 0 Å². The number of nitrogens with zero attached hydrogens (tertiary/aromatic N) is 2. The predicted molar refractivity (Wildman–Crippen MR) is 99.4 cm³/mol. The molecule has 4 nitrogen and oxygen atoms in total. The first-order chi connectivity index (χ1) is 11.7. The number of para-hydroxylation sites is 1. The molecule has 6 heteroatoms. The van der Waals surface area contributed by atoms with Crippen LogP contribution in [-0.2, 0) is 6.54 Å². The summed E-state index contributed by atoms with van der Waals surface area (Å²) in [6, 6.07) is 13.8. The molecule has 24 heavy (non-hydrogen) atoms. The molecular formula is C18H17BrN2O2S. The van der Waals surface area contributed by atoms with Crippen molar-refractivity contribution in [2.75, 3.05) is 26.2 Å². The van der Waals surface area contributed by atoms with Crippen LogP contribution < -0.4 is 0 Å². The first kappa shape index (κ1) is 15.9. The third kappa shape index (κ3) is 3.27. The van der Waals surface area contributed by atoms with Gasteiger partial charge in [0.05, 0.1) is 3.79 Å². The maximum atomic E-state index is 12.6. The Kier molecular flexibility index (Phi) is 4.43. The van der Waals surface area contributed by atoms with Crippen LogP contribution in [0.3, 0.4) is 0 Å². The van der Waals surface area contributed by atoms with E-state index in [0.717, 1.165) is 47.5 Å². The topological polar surface area (TPSA) is 36.7 Å². The van der Waals surface area contributed by atoms with E-state index in [0.29, 0.717) is 5.76 Å². The average molecular weight is 405 g/mol. The highest BCUT2D eigenvalue weighted by molar-refractivity contribution is 9.11. The lowest BCUT2D eigenvalue weighted by atomic mass is 10.2. The van der Waals surface area contributed by atoms with Gasteiger partial charge in [0.1, 0.15) is 5.58 Å². The monoisotopic (exact) mass is 404 g/mol. The first-order valence-electron chi connectivity index (χ1n) is 7.93. The molecule has 2 aromatic heterocycles. The molecule has 0 spiro atoms. The minimum Gasteiger partial charge on any atom is -0.451 e. The molecule has 0 radical (unpaired) electrons. The molecule has 1 aromatic carbocycles. The molecule has 0 bridgehead atoms. The molecule has 0 unspecified atom stereocenters. The first-order valence-corrected chi connectivity index (χ1v) is 9.54. The van der Waals surface area contributed by atoms with E-state index >= 15 is 0 Å². The Hall–Kier alpha value is -1.63. The third-order valence-electron chi connectivity index (χ3n) is 4.30. The third-order valence-corrected chi connectivity index (χ3v) is 5.91. The van der Waals surface area contributed by atoms with Crippen LogP contribution in [0.1, 0.15) is 15.4 Å². The number of benzene rings is 1. The Bertz CT molecular complexity index is 832. The zero-order valence-corrected chi connectivity index (χ0v) is 15.5. The quantitative estimate of drug-likeness (QED) is 0.655. The van der Waals surface area contributed by atoms with Gasteiger partial charge >= 0.3 is 0 Å². The zero-order chi connectivity index (χ0) is 16.5. The number of piperazine rings is 1. The van der Waals surface area contributed by atoms with Gasteiger partial charge in [-0.05, 0) is 40.2 Å². The van der Waals surface area contributed by atoms with Gasteiger partial charge < -0.3 is 9.32 Å². The minimum atomic E-state index is -0.00952. The van der Waals surface area contributed by atoms with Crippen molar-refractivity contribution in [3.8, 4) is 0 Å². The van der Waals surface area contributed by atoms with Crippen molar-refractivity contribution in [1.29, 1.82) is 0 Å². The van der Waals surface area contributed by atoms with Gasteiger partial charge in [0, 0.05) is 43.0 Å². The summed E-state index contributed by atoms with van der Waals surface area (Å²) in [6.45, 7) is 4.21. The fourth-order valence-electron chi connectivity index (χ4n) is 3.01. The van der Waals surface area contributed by atoms with Crippen molar-refractivity contribution >= 4 is 44.1 Å². The molecule has 1 aliphatic heterocycles. The van der Waals surface area contributed by atoms with E-state index in [1.165, 1.54) is 4.88 Å². The molecule has 4 rings (SSSR count). The molecule has 124 valence electrons. The minimum absolute atomic E-state index is 0.00952. The number of hydrogen-bond acceptors (Lipinski definition) is 4. The molecule has 0 atom stereocenters. The highest BCUT2D eigenvalue weighted by Gasteiger charge is 2.24. The molecule has 1 aliphatic rings. The van der Waals surface area contributed by atoms with Gasteiger partial charge in [-0.15, -0.1) is 11.3 Å². The van der Waals surface area contributed by atoms with Crippen LogP contribution in [-0.4, -0.2) is 41.9 Å². The second-order valence-corrected chi connectivity index (χ2v) is 8.47. The maximum Gasteiger partial charge on any atom is 0.289 e. The number of thiophene rings is 1. The van der Waals surface area contributed by atoms with Crippen LogP contribution in [0.15, 0.2) is 50.7 Å². The van der Waals surface area contributed by atoms with E-state index in [1.807, 2.05) is 35.2 Å². The van der Waals surface area contributed by atoms with Crippen molar-refractivity contribution in [3.05, 3.63) is 56.9 Å². The van der Waals surface area contributed by atoms with E-state index in [2.05, 4.69) is 33.0 Å². The Balaban J connectivity index is 1.39. The Morgan fingerprint density at radius 2 is 1.92 bits per heavy atom. The number of rotatable bonds is 3. The van der Waals surface area contributed by atoms with Gasteiger partial charge in [-0.2, -0.15) is 0 Å². The van der Waals surface area contributed by atoms with Crippen LogP contribution in [0.4, 0.5) is 0 Å². The van der Waals surface area contributed by atoms with Crippen LogP contribution in [0, 0.1) is 0 Å². The average Bonchev–Trinajstić information content (AvgIpc) is 3.21. The zero-order valence-electron chi connectivity index (χ0n) is 13.1. The van der Waals surface area contributed by atoms with Gasteiger partial charge in [-0.3, -0.25) is 9.69 Å². The SMILES string of the molecule is O=C(c1cc2ccccc2o1)N1CCN(Cc2ccc(Br)s2)CC1. The molecule has 3 aromatic rings. The molecule has 0 N–H and O–H groups in total. The van der Waals surface area contributed by atoms with Gasteiger partial charge in [0.25, 0.3) is 5.91 Å². The fraction of sp³-hybridized carbons (Fsp3) is 0.278. The summed E-state index contributed by atoms with van der Waals surface area (Å²) in [5.41, 5.74) is 0.766. The second-order valence-electron chi connectivity index (χ2n) is 5.92. The normalized spacial score (nSPS) is 16.0. The summed E-state index contributed by atoms with van der Waals surface area (Å²) in [4.78, 5) is 18.3. The molecule has 0 saturated carbocycles. The number of halogens is 1. The van der Waals surface area contributed by atoms with Gasteiger partial charge in [0.2, 0.25) is 0 Å². The molecule has 3 heterocycles. The Morgan fingerprint density at radius 1 is 1.12 bits per heavy atom. The Labute approximate surface area is 152 Å². The number of furan rings is 1. The van der Waals surface area contributed by atoms with E-state index in [9.17, 15) is 4.79 Å². The summed E-state index contributed by atoms with van der Waals surface area (Å²) in [7, 11) is 0. The molecule has 0 aliphatic carbocycles. The maximum absolute atomic E-state index is 12.6. The van der Waals surface area contributed by atoms with Crippen LogP contribution in [0.25, 0.3) is 11.0 Å². The van der Waals surface area contributed by atoms with E-state index in [1.54, 1.807) is 11.3 Å². The predicted octanol–water partition coefficient (Wildman–Crippen LogP) is 4.21. The standard InChI is InChI=1S/C18H17BrN2O2S/c19-17-6-5-14(24-17)12-20-7-9-21(10-8-20)18(22)16-11-13-3-1-2-4-15(13)23-16/h1-6,11H,7-10,12H2. The Morgan fingerprint density at radius 3 is 2.62 bits per heavy atom. The summed E-state index contributed by atoms with van der Waals surface area (Å²) >= 11 is 5.27. The highest BCUT2D eigenvalue weighted by atomic mass is 79.9. The van der Waals surface area contributed by atoms with Crippen LogP contribution >= 0.6 is 27.3 Å². The highest BCUT2D eigenvalue weighted by Crippen LogP contribution is 2.24. The molecule has 1 amide bonds. The summed E-state index contributed by atoms with van der Waals surface area (Å²) in [6.07, 6.45) is 0. The largest absolute Gasteiger partial charge is 0.451 e. The summed E-state index contributed by atoms with van der Waals surface area (Å²) in [5, 5.41) is 0.975. The van der Waals surface area contributed by atoms with Gasteiger partial charge in [-0.25, -0.2) is 0 Å². The number of carbonyl (C=O) groups excluding carboxylic acids is 1. The smallest absolute Gasteiger partial charge is 0.289 e. The lowest BCUT2D eigenvalue weighted by molar-refractivity contribution is 0.0601. The number of amides is 1. The van der Waals surface area contributed by atoms with Crippen molar-refractivity contribution in [3.63, 3.8) is 0 Å². The van der Waals surface area contributed by atoms with Crippen molar-refractivity contribution in [1.82, 2.24) is 9.80 Å². The fourth-order valence-corrected chi connectivity index (χ4v) is 4.53. The number of carbonyl (C=O) groups is 1. The molecule has 1 fully saturated rings. The van der Waals surface area contributed by atoms with Crippen molar-refractivity contribution in [2.45, 2.75) is 6.54 Å². The van der Waals surface area contributed by atoms with Crippen LogP contribution in [0.5, 0.6) is 0 Å². The van der Waals surface area contributed by atoms with Crippen LogP contribution in [0.2, 0.25) is 0 Å². The molecular weight excluding hydrogens is 388 g/mol.